The van der Waals surface area contributed by atoms with Crippen molar-refractivity contribution in [2.45, 2.75) is 63.3 Å². The highest BCUT2D eigenvalue weighted by Gasteiger charge is 2.14. The Kier molecular flexibility index (Phi) is 7.99. The van der Waals surface area contributed by atoms with Gasteiger partial charge in [-0.2, -0.15) is 5.10 Å². The van der Waals surface area contributed by atoms with Crippen LogP contribution in [0.5, 0.6) is 0 Å². The molecule has 0 atom stereocenters. The lowest BCUT2D eigenvalue weighted by Crippen LogP contribution is -2.41. The van der Waals surface area contributed by atoms with Gasteiger partial charge in [-0.25, -0.2) is 13.1 Å². The van der Waals surface area contributed by atoms with Crippen molar-refractivity contribution in [1.29, 1.82) is 0 Å². The summed E-state index contributed by atoms with van der Waals surface area (Å²) in [6.07, 6.45) is 6.83. The second-order valence-electron chi connectivity index (χ2n) is 6.54. The fourth-order valence-electron chi connectivity index (χ4n) is 2.86. The lowest BCUT2D eigenvalue weighted by molar-refractivity contribution is 0.412. The normalized spacial score (nSPS) is 16.3. The maximum absolute atomic E-state index is 12.1. The van der Waals surface area contributed by atoms with Crippen LogP contribution in [0.1, 0.15) is 57.9 Å². The Balaban J connectivity index is 1.92. The molecule has 0 unspecified atom stereocenters. The van der Waals surface area contributed by atoms with Gasteiger partial charge < -0.3 is 5.32 Å². The van der Waals surface area contributed by atoms with E-state index in [4.69, 9.17) is 12.2 Å². The lowest BCUT2D eigenvalue weighted by Gasteiger charge is -2.23. The van der Waals surface area contributed by atoms with Crippen molar-refractivity contribution >= 4 is 33.1 Å². The molecule has 0 heterocycles. The average Bonchev–Trinajstić information content (AvgIpc) is 2.65. The van der Waals surface area contributed by atoms with Gasteiger partial charge in [0.15, 0.2) is 5.11 Å². The highest BCUT2D eigenvalue weighted by Crippen LogP contribution is 2.17. The highest BCUT2D eigenvalue weighted by atomic mass is 32.2. The van der Waals surface area contributed by atoms with E-state index in [9.17, 15) is 8.42 Å². The van der Waals surface area contributed by atoms with Crippen molar-refractivity contribution in [3.05, 3.63) is 29.8 Å². The number of nitrogens with one attached hydrogen (secondary N) is 3. The number of rotatable bonds is 7. The van der Waals surface area contributed by atoms with Crippen LogP contribution >= 0.6 is 12.2 Å². The zero-order chi connectivity index (χ0) is 19.0. The first-order valence-electron chi connectivity index (χ1n) is 9.13. The summed E-state index contributed by atoms with van der Waals surface area (Å²) in [6, 6.07) is 7.10. The second-order valence-corrected chi connectivity index (χ2v) is 8.71. The molecule has 26 heavy (non-hydrogen) atoms. The van der Waals surface area contributed by atoms with Crippen LogP contribution in [-0.2, 0) is 10.0 Å². The Bertz CT molecular complexity index is 724. The zero-order valence-electron chi connectivity index (χ0n) is 15.4. The number of benzene rings is 1. The van der Waals surface area contributed by atoms with E-state index >= 15 is 0 Å². The summed E-state index contributed by atoms with van der Waals surface area (Å²) in [5.41, 5.74) is 4.46. The van der Waals surface area contributed by atoms with Crippen LogP contribution in [0.2, 0.25) is 0 Å². The minimum absolute atomic E-state index is 0.255. The quantitative estimate of drug-likeness (QED) is 0.375. The van der Waals surface area contributed by atoms with E-state index in [-0.39, 0.29) is 4.90 Å². The molecule has 6 nitrogen and oxygen atoms in total. The number of hydrazone groups is 1. The molecule has 2 rings (SSSR count). The summed E-state index contributed by atoms with van der Waals surface area (Å²) in [4.78, 5) is 0.255. The largest absolute Gasteiger partial charge is 0.359 e. The average molecular weight is 397 g/mol. The third-order valence-corrected chi connectivity index (χ3v) is 6.08. The van der Waals surface area contributed by atoms with Gasteiger partial charge in [0.1, 0.15) is 0 Å². The monoisotopic (exact) mass is 396 g/mol. The first-order chi connectivity index (χ1) is 12.4. The highest BCUT2D eigenvalue weighted by molar-refractivity contribution is 7.89. The standard InChI is InChI=1S/C18H28N4O2S2/c1-3-13-19-26(23,24)17-11-9-15(10-12-17)14(2)21-22-18(25)20-16-7-5-4-6-8-16/h9-12,16,19H,3-8,13H2,1-2H3,(H2,20,22,25)/b21-14-. The van der Waals surface area contributed by atoms with Gasteiger partial charge in [-0.15, -0.1) is 0 Å². The van der Waals surface area contributed by atoms with Gasteiger partial charge in [0.25, 0.3) is 0 Å². The molecular formula is C18H28N4O2S2. The Labute approximate surface area is 161 Å². The van der Waals surface area contributed by atoms with Crippen molar-refractivity contribution in [3.63, 3.8) is 0 Å². The Hall–Kier alpha value is -1.51. The summed E-state index contributed by atoms with van der Waals surface area (Å²) in [5, 5.41) is 8.13. The van der Waals surface area contributed by atoms with Crippen LogP contribution in [0.25, 0.3) is 0 Å². The molecule has 1 fully saturated rings. The molecule has 1 aromatic rings. The maximum atomic E-state index is 12.1. The number of nitrogens with zero attached hydrogens (tertiary/aromatic N) is 1. The van der Waals surface area contributed by atoms with E-state index in [1.807, 2.05) is 13.8 Å². The van der Waals surface area contributed by atoms with E-state index in [1.165, 1.54) is 19.3 Å². The number of hydrogen-bond donors (Lipinski definition) is 3. The predicted octanol–water partition coefficient (Wildman–Crippen LogP) is 2.90. The molecular weight excluding hydrogens is 368 g/mol. The van der Waals surface area contributed by atoms with E-state index < -0.39 is 10.0 Å². The molecule has 1 aliphatic carbocycles. The molecule has 1 aromatic carbocycles. The summed E-state index contributed by atoms with van der Waals surface area (Å²) in [7, 11) is -3.44. The Morgan fingerprint density at radius 1 is 1.19 bits per heavy atom. The van der Waals surface area contributed by atoms with Crippen molar-refractivity contribution in [2.75, 3.05) is 6.54 Å². The Morgan fingerprint density at radius 3 is 2.46 bits per heavy atom. The maximum Gasteiger partial charge on any atom is 0.240 e. The van der Waals surface area contributed by atoms with Crippen LogP contribution < -0.4 is 15.5 Å². The zero-order valence-corrected chi connectivity index (χ0v) is 17.0. The van der Waals surface area contributed by atoms with E-state index in [1.54, 1.807) is 24.3 Å². The first kappa shape index (κ1) is 20.8. The van der Waals surface area contributed by atoms with Gasteiger partial charge in [0, 0.05) is 12.6 Å². The fraction of sp³-hybridized carbons (Fsp3) is 0.556. The van der Waals surface area contributed by atoms with E-state index in [2.05, 4.69) is 20.6 Å². The van der Waals surface area contributed by atoms with Crippen LogP contribution in [0, 0.1) is 0 Å². The molecule has 0 amide bonds. The van der Waals surface area contributed by atoms with Crippen LogP contribution in [0.4, 0.5) is 0 Å². The van der Waals surface area contributed by atoms with Crippen LogP contribution in [-0.4, -0.2) is 31.8 Å². The lowest BCUT2D eigenvalue weighted by atomic mass is 9.96. The number of sulfonamides is 1. The fourth-order valence-corrected chi connectivity index (χ4v) is 4.21. The smallest absolute Gasteiger partial charge is 0.240 e. The molecule has 0 aromatic heterocycles. The molecule has 1 saturated carbocycles. The minimum Gasteiger partial charge on any atom is -0.359 e. The van der Waals surface area contributed by atoms with Crippen molar-refractivity contribution < 1.29 is 8.42 Å². The first-order valence-corrected chi connectivity index (χ1v) is 11.0. The van der Waals surface area contributed by atoms with Gasteiger partial charge in [0.05, 0.1) is 10.6 Å². The second kappa shape index (κ2) is 9.99. The summed E-state index contributed by atoms with van der Waals surface area (Å²) < 4.78 is 26.8. The van der Waals surface area contributed by atoms with Gasteiger partial charge in [-0.3, -0.25) is 5.43 Å². The SMILES string of the molecule is CCCNS(=O)(=O)c1ccc(/C(C)=N\NC(=S)NC2CCCCC2)cc1. The molecule has 0 bridgehead atoms. The molecule has 8 heteroatoms. The topological polar surface area (TPSA) is 82.6 Å². The summed E-state index contributed by atoms with van der Waals surface area (Å²) in [5.74, 6) is 0. The van der Waals surface area contributed by atoms with Crippen molar-refractivity contribution in [1.82, 2.24) is 15.5 Å². The van der Waals surface area contributed by atoms with Gasteiger partial charge >= 0.3 is 0 Å². The van der Waals surface area contributed by atoms with Crippen molar-refractivity contribution in [3.8, 4) is 0 Å². The van der Waals surface area contributed by atoms with Gasteiger partial charge in [-0.1, -0.05) is 38.3 Å². The molecule has 3 N–H and O–H groups in total. The third kappa shape index (κ3) is 6.34. The number of thiocarbonyl (C=S) groups is 1. The summed E-state index contributed by atoms with van der Waals surface area (Å²) >= 11 is 5.30. The molecule has 144 valence electrons. The van der Waals surface area contributed by atoms with Crippen molar-refractivity contribution in [2.24, 2.45) is 5.10 Å². The van der Waals surface area contributed by atoms with Gasteiger partial charge in [0.2, 0.25) is 10.0 Å². The van der Waals surface area contributed by atoms with Gasteiger partial charge in [-0.05, 0) is 56.1 Å². The molecule has 0 aliphatic heterocycles. The van der Waals surface area contributed by atoms with Crippen LogP contribution in [0.3, 0.4) is 0 Å². The molecule has 0 spiro atoms. The minimum atomic E-state index is -3.44. The van der Waals surface area contributed by atoms with E-state index in [0.717, 1.165) is 30.5 Å². The molecule has 1 aliphatic rings. The molecule has 0 saturated heterocycles. The Morgan fingerprint density at radius 2 is 1.85 bits per heavy atom. The number of hydrogen-bond acceptors (Lipinski definition) is 4. The van der Waals surface area contributed by atoms with E-state index in [0.29, 0.717) is 17.7 Å². The predicted molar refractivity (Wildman–Crippen MR) is 110 cm³/mol. The van der Waals surface area contributed by atoms with Crippen LogP contribution in [0.15, 0.2) is 34.3 Å². The molecule has 0 radical (unpaired) electrons. The third-order valence-electron chi connectivity index (χ3n) is 4.39. The summed E-state index contributed by atoms with van der Waals surface area (Å²) in [6.45, 7) is 4.21.